The second kappa shape index (κ2) is 6.14. The molecule has 2 aromatic rings. The van der Waals surface area contributed by atoms with E-state index < -0.39 is 0 Å². The molecule has 3 rings (SSSR count). The molecule has 0 fully saturated rings. The Morgan fingerprint density at radius 2 is 2.00 bits per heavy atom. The van der Waals surface area contributed by atoms with Gasteiger partial charge in [0, 0.05) is 22.6 Å². The molecule has 0 spiro atoms. The highest BCUT2D eigenvalue weighted by atomic mass is 32.2. The minimum absolute atomic E-state index is 0.730. The molecule has 0 N–H and O–H groups in total. The van der Waals surface area contributed by atoms with Gasteiger partial charge in [0.15, 0.2) is 0 Å². The van der Waals surface area contributed by atoms with Crippen LogP contribution in [-0.2, 0) is 12.8 Å². The first kappa shape index (κ1) is 13.3. The second-order valence-electron chi connectivity index (χ2n) is 4.83. The summed E-state index contributed by atoms with van der Waals surface area (Å²) in [6, 6.07) is 14.2. The van der Waals surface area contributed by atoms with Crippen LogP contribution in [0, 0.1) is 0 Å². The molecule has 2 nitrogen and oxygen atoms in total. The van der Waals surface area contributed by atoms with Crippen molar-refractivity contribution in [1.82, 2.24) is 0 Å². The molecule has 0 radical (unpaired) electrons. The van der Waals surface area contributed by atoms with E-state index in [1.165, 1.54) is 16.0 Å². The molecule has 1 aliphatic heterocycles. The average molecular weight is 284 g/mol. The lowest BCUT2D eigenvalue weighted by molar-refractivity contribution is 0.112. The molecule has 0 saturated heterocycles. The van der Waals surface area contributed by atoms with E-state index >= 15 is 0 Å². The minimum Gasteiger partial charge on any atom is -0.493 e. The first-order valence-electron chi connectivity index (χ1n) is 6.78. The normalized spacial score (nSPS) is 12.8. The Labute approximate surface area is 123 Å². The minimum atomic E-state index is 0.730. The molecule has 0 atom stereocenters. The molecular weight excluding hydrogens is 268 g/mol. The van der Waals surface area contributed by atoms with Crippen LogP contribution in [0.25, 0.3) is 0 Å². The van der Waals surface area contributed by atoms with Crippen molar-refractivity contribution in [2.75, 3.05) is 12.4 Å². The summed E-state index contributed by atoms with van der Waals surface area (Å²) in [6.45, 7) is 0.816. The van der Waals surface area contributed by atoms with E-state index in [2.05, 4.69) is 18.2 Å². The highest BCUT2D eigenvalue weighted by Crippen LogP contribution is 2.27. The first-order valence-corrected chi connectivity index (χ1v) is 7.76. The van der Waals surface area contributed by atoms with Crippen molar-refractivity contribution in [2.45, 2.75) is 17.7 Å². The fourth-order valence-corrected chi connectivity index (χ4v) is 3.23. The van der Waals surface area contributed by atoms with Crippen LogP contribution in [0.2, 0.25) is 0 Å². The van der Waals surface area contributed by atoms with E-state index in [1.807, 2.05) is 36.0 Å². The quantitative estimate of drug-likeness (QED) is 0.617. The fourth-order valence-electron chi connectivity index (χ4n) is 2.32. The van der Waals surface area contributed by atoms with Crippen LogP contribution in [0.3, 0.4) is 0 Å². The molecule has 102 valence electrons. The van der Waals surface area contributed by atoms with E-state index in [1.54, 1.807) is 0 Å². The van der Waals surface area contributed by atoms with Crippen LogP contribution in [0.15, 0.2) is 47.4 Å². The number of fused-ring (bicyclic) bond motifs is 1. The number of aryl methyl sites for hydroxylation is 1. The van der Waals surface area contributed by atoms with Gasteiger partial charge in [-0.2, -0.15) is 0 Å². The van der Waals surface area contributed by atoms with Crippen LogP contribution in [-0.4, -0.2) is 18.6 Å². The number of thioether (sulfide) groups is 1. The van der Waals surface area contributed by atoms with Crippen molar-refractivity contribution >= 4 is 18.0 Å². The van der Waals surface area contributed by atoms with Gasteiger partial charge >= 0.3 is 0 Å². The Hall–Kier alpha value is -1.74. The third-order valence-corrected chi connectivity index (χ3v) is 4.44. The number of aldehydes is 1. The lowest BCUT2D eigenvalue weighted by Crippen LogP contribution is -1.90. The molecule has 1 aliphatic rings. The summed E-state index contributed by atoms with van der Waals surface area (Å²) in [4.78, 5) is 11.8. The van der Waals surface area contributed by atoms with Gasteiger partial charge in [-0.1, -0.05) is 24.3 Å². The van der Waals surface area contributed by atoms with E-state index in [0.29, 0.717) is 0 Å². The Kier molecular flexibility index (Phi) is 4.07. The number of ether oxygens (including phenoxy) is 1. The van der Waals surface area contributed by atoms with Crippen molar-refractivity contribution in [1.29, 1.82) is 0 Å². The zero-order valence-corrected chi connectivity index (χ0v) is 12.0. The van der Waals surface area contributed by atoms with Crippen LogP contribution < -0.4 is 4.74 Å². The largest absolute Gasteiger partial charge is 0.493 e. The molecule has 2 aromatic carbocycles. The van der Waals surface area contributed by atoms with Gasteiger partial charge in [-0.05, 0) is 35.7 Å². The average Bonchev–Trinajstić information content (AvgIpc) is 2.95. The third kappa shape index (κ3) is 3.05. The predicted molar refractivity (Wildman–Crippen MR) is 81.9 cm³/mol. The van der Waals surface area contributed by atoms with Gasteiger partial charge in [0.2, 0.25) is 0 Å². The third-order valence-electron chi connectivity index (χ3n) is 3.43. The molecule has 0 unspecified atom stereocenters. The van der Waals surface area contributed by atoms with E-state index in [0.717, 1.165) is 42.8 Å². The summed E-state index contributed by atoms with van der Waals surface area (Å²) in [6.07, 6.45) is 2.96. The summed E-state index contributed by atoms with van der Waals surface area (Å²) in [5, 5.41) is 0. The number of rotatable bonds is 5. The molecular formula is C17H16O2S. The number of benzene rings is 2. The molecule has 0 amide bonds. The Balaban J connectivity index is 1.55. The highest BCUT2D eigenvalue weighted by Gasteiger charge is 2.11. The smallest absolute Gasteiger partial charge is 0.150 e. The number of carbonyl (C=O) groups is 1. The molecule has 20 heavy (non-hydrogen) atoms. The summed E-state index contributed by atoms with van der Waals surface area (Å²) in [5.74, 6) is 2.09. The molecule has 1 heterocycles. The molecule has 0 saturated carbocycles. The van der Waals surface area contributed by atoms with Gasteiger partial charge < -0.3 is 4.74 Å². The van der Waals surface area contributed by atoms with Crippen LogP contribution in [0.1, 0.15) is 21.5 Å². The second-order valence-corrected chi connectivity index (χ2v) is 5.99. The van der Waals surface area contributed by atoms with Crippen molar-refractivity contribution in [3.63, 3.8) is 0 Å². The predicted octanol–water partition coefficient (Wildman–Crippen LogP) is 3.77. The molecule has 0 bridgehead atoms. The van der Waals surface area contributed by atoms with Crippen LogP contribution in [0.4, 0.5) is 0 Å². The Bertz CT molecular complexity index is 605. The Morgan fingerprint density at radius 3 is 2.80 bits per heavy atom. The molecule has 0 aromatic heterocycles. The lowest BCUT2D eigenvalue weighted by atomic mass is 10.1. The summed E-state index contributed by atoms with van der Waals surface area (Å²) >= 11 is 1.82. The SMILES string of the molecule is O=Cc1ccc(SCCc2ccc3c(c2)CCO3)cc1. The summed E-state index contributed by atoms with van der Waals surface area (Å²) < 4.78 is 5.52. The van der Waals surface area contributed by atoms with Gasteiger partial charge in [0.1, 0.15) is 12.0 Å². The van der Waals surface area contributed by atoms with Gasteiger partial charge in [0.05, 0.1) is 6.61 Å². The van der Waals surface area contributed by atoms with Gasteiger partial charge in [-0.3, -0.25) is 4.79 Å². The topological polar surface area (TPSA) is 26.3 Å². The van der Waals surface area contributed by atoms with Crippen LogP contribution >= 0.6 is 11.8 Å². The maximum Gasteiger partial charge on any atom is 0.150 e. The van der Waals surface area contributed by atoms with Gasteiger partial charge in [-0.15, -0.1) is 11.8 Å². The number of carbonyl (C=O) groups excluding carboxylic acids is 1. The first-order chi connectivity index (χ1) is 9.85. The highest BCUT2D eigenvalue weighted by molar-refractivity contribution is 7.99. The lowest BCUT2D eigenvalue weighted by Gasteiger charge is -2.05. The monoisotopic (exact) mass is 284 g/mol. The van der Waals surface area contributed by atoms with Crippen molar-refractivity contribution in [2.24, 2.45) is 0 Å². The number of hydrogen-bond acceptors (Lipinski definition) is 3. The zero-order valence-electron chi connectivity index (χ0n) is 11.2. The van der Waals surface area contributed by atoms with Gasteiger partial charge in [-0.25, -0.2) is 0 Å². The Morgan fingerprint density at radius 1 is 1.15 bits per heavy atom. The molecule has 3 heteroatoms. The molecule has 0 aliphatic carbocycles. The zero-order chi connectivity index (χ0) is 13.8. The summed E-state index contributed by atoms with van der Waals surface area (Å²) in [7, 11) is 0. The van der Waals surface area contributed by atoms with E-state index in [4.69, 9.17) is 4.74 Å². The maximum atomic E-state index is 10.6. The van der Waals surface area contributed by atoms with Crippen molar-refractivity contribution in [3.05, 3.63) is 59.2 Å². The fraction of sp³-hybridized carbons (Fsp3) is 0.235. The summed E-state index contributed by atoms with van der Waals surface area (Å²) in [5.41, 5.74) is 3.43. The standard InChI is InChI=1S/C17H16O2S/c18-12-14-1-4-16(5-2-14)20-10-8-13-3-6-17-15(11-13)7-9-19-17/h1-6,11-12H,7-10H2. The van der Waals surface area contributed by atoms with Crippen LogP contribution in [0.5, 0.6) is 5.75 Å². The van der Waals surface area contributed by atoms with Gasteiger partial charge in [0.25, 0.3) is 0 Å². The van der Waals surface area contributed by atoms with Crippen molar-refractivity contribution < 1.29 is 9.53 Å². The number of hydrogen-bond donors (Lipinski definition) is 0. The van der Waals surface area contributed by atoms with E-state index in [9.17, 15) is 4.79 Å². The van der Waals surface area contributed by atoms with E-state index in [-0.39, 0.29) is 0 Å². The maximum absolute atomic E-state index is 10.6. The van der Waals surface area contributed by atoms with Crippen molar-refractivity contribution in [3.8, 4) is 5.75 Å².